The molecule has 2 aromatic heterocycles. The number of pyridine rings is 1. The van der Waals surface area contributed by atoms with Crippen molar-refractivity contribution in [3.05, 3.63) is 46.6 Å². The van der Waals surface area contributed by atoms with Crippen LogP contribution >= 0.6 is 15.9 Å². The van der Waals surface area contributed by atoms with Gasteiger partial charge in [0.15, 0.2) is 0 Å². The fourth-order valence-electron chi connectivity index (χ4n) is 1.41. The highest BCUT2D eigenvalue weighted by Gasteiger charge is 2.01. The van der Waals surface area contributed by atoms with Gasteiger partial charge >= 0.3 is 0 Å². The molecule has 4 nitrogen and oxygen atoms in total. The van der Waals surface area contributed by atoms with E-state index in [1.807, 2.05) is 25.1 Å². The SMILES string of the molecule is CCc1nc(Br)cc(NCc2ccncc2)n1. The minimum absolute atomic E-state index is 0.731. The van der Waals surface area contributed by atoms with Crippen LogP contribution in [-0.4, -0.2) is 15.0 Å². The number of rotatable bonds is 4. The first kappa shape index (κ1) is 12.0. The molecule has 0 aliphatic carbocycles. The molecule has 0 aliphatic heterocycles. The van der Waals surface area contributed by atoms with E-state index >= 15 is 0 Å². The van der Waals surface area contributed by atoms with E-state index in [0.717, 1.165) is 29.2 Å². The maximum atomic E-state index is 4.40. The van der Waals surface area contributed by atoms with Gasteiger partial charge in [-0.25, -0.2) is 9.97 Å². The molecule has 2 rings (SSSR count). The average Bonchev–Trinajstić information content (AvgIpc) is 2.37. The van der Waals surface area contributed by atoms with E-state index in [1.165, 1.54) is 5.56 Å². The van der Waals surface area contributed by atoms with E-state index in [-0.39, 0.29) is 0 Å². The van der Waals surface area contributed by atoms with Crippen LogP contribution in [0.25, 0.3) is 0 Å². The Bertz CT molecular complexity index is 487. The molecule has 0 aliphatic rings. The summed E-state index contributed by atoms with van der Waals surface area (Å²) in [6.07, 6.45) is 4.39. The zero-order valence-electron chi connectivity index (χ0n) is 9.52. The van der Waals surface area contributed by atoms with Crippen LogP contribution in [0.15, 0.2) is 35.2 Å². The fourth-order valence-corrected chi connectivity index (χ4v) is 1.83. The molecule has 1 N–H and O–H groups in total. The molecule has 0 saturated carbocycles. The molecule has 0 atom stereocenters. The van der Waals surface area contributed by atoms with Crippen LogP contribution in [0.4, 0.5) is 5.82 Å². The Morgan fingerprint density at radius 1 is 1.24 bits per heavy atom. The van der Waals surface area contributed by atoms with Gasteiger partial charge in [-0.2, -0.15) is 0 Å². The highest BCUT2D eigenvalue weighted by atomic mass is 79.9. The molecule has 5 heteroatoms. The van der Waals surface area contributed by atoms with E-state index in [0.29, 0.717) is 0 Å². The summed E-state index contributed by atoms with van der Waals surface area (Å²) in [6, 6.07) is 5.83. The fraction of sp³-hybridized carbons (Fsp3) is 0.250. The second-order valence-corrected chi connectivity index (χ2v) is 4.37. The third kappa shape index (κ3) is 3.49. The molecule has 0 saturated heterocycles. The minimum atomic E-state index is 0.731. The Balaban J connectivity index is 2.06. The summed E-state index contributed by atoms with van der Waals surface area (Å²) in [7, 11) is 0. The summed E-state index contributed by atoms with van der Waals surface area (Å²) < 4.78 is 0.807. The van der Waals surface area contributed by atoms with Crippen LogP contribution in [0.3, 0.4) is 0 Å². The highest BCUT2D eigenvalue weighted by molar-refractivity contribution is 9.10. The second kappa shape index (κ2) is 5.72. The van der Waals surface area contributed by atoms with Crippen molar-refractivity contribution in [2.45, 2.75) is 19.9 Å². The van der Waals surface area contributed by atoms with Gasteiger partial charge in [0, 0.05) is 31.4 Å². The number of nitrogens with zero attached hydrogens (tertiary/aromatic N) is 3. The van der Waals surface area contributed by atoms with Crippen LogP contribution in [-0.2, 0) is 13.0 Å². The van der Waals surface area contributed by atoms with E-state index in [1.54, 1.807) is 12.4 Å². The van der Waals surface area contributed by atoms with Crippen LogP contribution in [0, 0.1) is 0 Å². The maximum Gasteiger partial charge on any atom is 0.131 e. The lowest BCUT2D eigenvalue weighted by Crippen LogP contribution is -2.04. The van der Waals surface area contributed by atoms with Gasteiger partial charge in [0.1, 0.15) is 16.2 Å². The van der Waals surface area contributed by atoms with Crippen LogP contribution in [0.5, 0.6) is 0 Å². The molecule has 0 radical (unpaired) electrons. The molecule has 0 fully saturated rings. The first-order valence-corrected chi connectivity index (χ1v) is 6.23. The van der Waals surface area contributed by atoms with Crippen molar-refractivity contribution in [1.29, 1.82) is 0 Å². The Kier molecular flexibility index (Phi) is 4.03. The lowest BCUT2D eigenvalue weighted by Gasteiger charge is -2.07. The van der Waals surface area contributed by atoms with Crippen LogP contribution in [0.1, 0.15) is 18.3 Å². The zero-order chi connectivity index (χ0) is 12.1. The third-order valence-electron chi connectivity index (χ3n) is 2.28. The highest BCUT2D eigenvalue weighted by Crippen LogP contribution is 2.13. The van der Waals surface area contributed by atoms with Gasteiger partial charge in [-0.15, -0.1) is 0 Å². The number of nitrogens with one attached hydrogen (secondary N) is 1. The molecule has 2 heterocycles. The van der Waals surface area contributed by atoms with E-state index in [2.05, 4.69) is 36.2 Å². The lowest BCUT2D eigenvalue weighted by molar-refractivity contribution is 0.921. The predicted molar refractivity (Wildman–Crippen MR) is 70.7 cm³/mol. The molecule has 0 spiro atoms. The third-order valence-corrected chi connectivity index (χ3v) is 2.69. The molecular formula is C12H13BrN4. The normalized spacial score (nSPS) is 10.2. The largest absolute Gasteiger partial charge is 0.366 e. The summed E-state index contributed by atoms with van der Waals surface area (Å²) in [5.41, 5.74) is 1.17. The Labute approximate surface area is 109 Å². The molecule has 0 unspecified atom stereocenters. The van der Waals surface area contributed by atoms with Gasteiger partial charge in [-0.3, -0.25) is 4.98 Å². The molecule has 17 heavy (non-hydrogen) atoms. The van der Waals surface area contributed by atoms with E-state index in [4.69, 9.17) is 0 Å². The van der Waals surface area contributed by atoms with E-state index < -0.39 is 0 Å². The number of aromatic nitrogens is 3. The number of aryl methyl sites for hydroxylation is 1. The Morgan fingerprint density at radius 3 is 2.71 bits per heavy atom. The summed E-state index contributed by atoms with van der Waals surface area (Å²) in [4.78, 5) is 12.6. The second-order valence-electron chi connectivity index (χ2n) is 3.55. The van der Waals surface area contributed by atoms with Gasteiger partial charge in [-0.1, -0.05) is 6.92 Å². The van der Waals surface area contributed by atoms with Gasteiger partial charge in [0.05, 0.1) is 0 Å². The number of anilines is 1. The lowest BCUT2D eigenvalue weighted by atomic mass is 10.3. The van der Waals surface area contributed by atoms with Crippen molar-refractivity contribution in [3.63, 3.8) is 0 Å². The first-order chi connectivity index (χ1) is 8.28. The Morgan fingerprint density at radius 2 is 2.00 bits per heavy atom. The molecule has 88 valence electrons. The topological polar surface area (TPSA) is 50.7 Å². The van der Waals surface area contributed by atoms with Crippen LogP contribution in [0.2, 0.25) is 0 Å². The van der Waals surface area contributed by atoms with Gasteiger partial charge < -0.3 is 5.32 Å². The summed E-state index contributed by atoms with van der Waals surface area (Å²) >= 11 is 3.38. The number of halogens is 1. The molecule has 0 aromatic carbocycles. The summed E-state index contributed by atoms with van der Waals surface area (Å²) in [5.74, 6) is 1.66. The van der Waals surface area contributed by atoms with Crippen molar-refractivity contribution >= 4 is 21.7 Å². The van der Waals surface area contributed by atoms with Crippen molar-refractivity contribution in [2.24, 2.45) is 0 Å². The van der Waals surface area contributed by atoms with Crippen molar-refractivity contribution in [2.75, 3.05) is 5.32 Å². The van der Waals surface area contributed by atoms with Crippen molar-refractivity contribution < 1.29 is 0 Å². The summed E-state index contributed by atoms with van der Waals surface area (Å²) in [5, 5.41) is 3.27. The number of hydrogen-bond acceptors (Lipinski definition) is 4. The average molecular weight is 293 g/mol. The van der Waals surface area contributed by atoms with Gasteiger partial charge in [0.25, 0.3) is 0 Å². The van der Waals surface area contributed by atoms with Gasteiger partial charge in [-0.05, 0) is 33.6 Å². The molecular weight excluding hydrogens is 280 g/mol. The minimum Gasteiger partial charge on any atom is -0.366 e. The predicted octanol–water partition coefficient (Wildman–Crippen LogP) is 2.81. The molecule has 0 bridgehead atoms. The molecule has 2 aromatic rings. The summed E-state index contributed by atoms with van der Waals surface area (Å²) in [6.45, 7) is 2.77. The zero-order valence-corrected chi connectivity index (χ0v) is 11.1. The van der Waals surface area contributed by atoms with Crippen molar-refractivity contribution in [3.8, 4) is 0 Å². The van der Waals surface area contributed by atoms with Crippen LogP contribution < -0.4 is 5.32 Å². The standard InChI is InChI=1S/C12H13BrN4/c1-2-11-16-10(13)7-12(17-11)15-8-9-3-5-14-6-4-9/h3-7H,2,8H2,1H3,(H,15,16,17). The number of hydrogen-bond donors (Lipinski definition) is 1. The van der Waals surface area contributed by atoms with Gasteiger partial charge in [0.2, 0.25) is 0 Å². The van der Waals surface area contributed by atoms with E-state index in [9.17, 15) is 0 Å². The first-order valence-electron chi connectivity index (χ1n) is 5.44. The smallest absolute Gasteiger partial charge is 0.131 e. The molecule has 0 amide bonds. The Hall–Kier alpha value is -1.49. The quantitative estimate of drug-likeness (QED) is 0.881. The maximum absolute atomic E-state index is 4.40. The van der Waals surface area contributed by atoms with Crippen molar-refractivity contribution in [1.82, 2.24) is 15.0 Å². The monoisotopic (exact) mass is 292 g/mol.